The van der Waals surface area contributed by atoms with E-state index in [4.69, 9.17) is 19.9 Å². The van der Waals surface area contributed by atoms with Gasteiger partial charge in [-0.3, -0.25) is 0 Å². The average Bonchev–Trinajstić information content (AvgIpc) is 2.36. The van der Waals surface area contributed by atoms with E-state index in [1.165, 1.54) is 0 Å². The molecular formula is C12H17NO4. The van der Waals surface area contributed by atoms with Crippen molar-refractivity contribution in [2.75, 3.05) is 13.9 Å². The highest BCUT2D eigenvalue weighted by atomic mass is 16.7. The summed E-state index contributed by atoms with van der Waals surface area (Å²) < 4.78 is 15.9. The Morgan fingerprint density at radius 3 is 2.88 bits per heavy atom. The zero-order valence-electron chi connectivity index (χ0n) is 9.97. The minimum atomic E-state index is -0.801. The molecule has 0 amide bonds. The molecule has 1 aliphatic heterocycles. The summed E-state index contributed by atoms with van der Waals surface area (Å²) in [6.07, 6.45) is -0.801. The maximum atomic E-state index is 10.1. The minimum absolute atomic E-state index is 0.229. The first kappa shape index (κ1) is 12.2. The monoisotopic (exact) mass is 239 g/mol. The molecule has 0 aromatic heterocycles. The van der Waals surface area contributed by atoms with Crippen molar-refractivity contribution in [2.24, 2.45) is 5.73 Å². The summed E-state index contributed by atoms with van der Waals surface area (Å²) in [5.74, 6) is 1.31. The maximum absolute atomic E-state index is 10.1. The van der Waals surface area contributed by atoms with Gasteiger partial charge in [-0.15, -0.1) is 0 Å². The Kier molecular flexibility index (Phi) is 3.51. The fraction of sp³-hybridized carbons (Fsp3) is 0.500. The van der Waals surface area contributed by atoms with Gasteiger partial charge in [-0.2, -0.15) is 0 Å². The standard InChI is InChI=1S/C12H17NO4/c1-7(13)12(14)11-8-5-16-6-17-9(8)3-4-10(11)15-2/h3-4,7,12,14H,5-6,13H2,1-2H3. The van der Waals surface area contributed by atoms with Gasteiger partial charge in [0.05, 0.1) is 19.8 Å². The lowest BCUT2D eigenvalue weighted by Crippen LogP contribution is -2.27. The van der Waals surface area contributed by atoms with Crippen molar-refractivity contribution in [1.82, 2.24) is 0 Å². The number of aliphatic hydroxyl groups is 1. The van der Waals surface area contributed by atoms with Crippen LogP contribution in [0.2, 0.25) is 0 Å². The molecule has 5 nitrogen and oxygen atoms in total. The number of rotatable bonds is 3. The molecule has 0 saturated carbocycles. The molecule has 2 rings (SSSR count). The smallest absolute Gasteiger partial charge is 0.189 e. The van der Waals surface area contributed by atoms with Gasteiger partial charge in [-0.25, -0.2) is 0 Å². The third kappa shape index (κ3) is 2.22. The number of hydrogen-bond donors (Lipinski definition) is 2. The van der Waals surface area contributed by atoms with Crippen molar-refractivity contribution < 1.29 is 19.3 Å². The molecule has 0 spiro atoms. The van der Waals surface area contributed by atoms with E-state index in [9.17, 15) is 5.11 Å². The van der Waals surface area contributed by atoms with Crippen molar-refractivity contribution in [3.63, 3.8) is 0 Å². The lowest BCUT2D eigenvalue weighted by Gasteiger charge is -2.26. The van der Waals surface area contributed by atoms with Gasteiger partial charge in [0.1, 0.15) is 11.5 Å². The number of nitrogens with two attached hydrogens (primary N) is 1. The fourth-order valence-electron chi connectivity index (χ4n) is 1.92. The van der Waals surface area contributed by atoms with Crippen molar-refractivity contribution in [2.45, 2.75) is 25.7 Å². The van der Waals surface area contributed by atoms with E-state index in [-0.39, 0.29) is 6.79 Å². The summed E-state index contributed by atoms with van der Waals surface area (Å²) in [6.45, 7) is 2.37. The normalized spacial score (nSPS) is 17.9. The number of benzene rings is 1. The van der Waals surface area contributed by atoms with Crippen LogP contribution in [-0.4, -0.2) is 25.1 Å². The molecule has 2 unspecified atom stereocenters. The largest absolute Gasteiger partial charge is 0.496 e. The number of hydrogen-bond acceptors (Lipinski definition) is 5. The SMILES string of the molecule is COc1ccc2c(c1C(O)C(C)N)COCO2. The van der Waals surface area contributed by atoms with Gasteiger partial charge in [-0.05, 0) is 19.1 Å². The van der Waals surface area contributed by atoms with Crippen LogP contribution < -0.4 is 15.2 Å². The van der Waals surface area contributed by atoms with Crippen LogP contribution in [0.4, 0.5) is 0 Å². The molecule has 5 heteroatoms. The lowest BCUT2D eigenvalue weighted by molar-refractivity contribution is -0.0184. The summed E-state index contributed by atoms with van der Waals surface area (Å²) in [4.78, 5) is 0. The van der Waals surface area contributed by atoms with E-state index >= 15 is 0 Å². The van der Waals surface area contributed by atoms with Gasteiger partial charge in [0, 0.05) is 17.2 Å². The molecule has 0 radical (unpaired) electrons. The second-order valence-corrected chi connectivity index (χ2v) is 4.07. The van der Waals surface area contributed by atoms with Crippen molar-refractivity contribution in [3.8, 4) is 11.5 Å². The van der Waals surface area contributed by atoms with E-state index in [1.54, 1.807) is 20.1 Å². The molecular weight excluding hydrogens is 222 g/mol. The number of ether oxygens (including phenoxy) is 3. The third-order valence-corrected chi connectivity index (χ3v) is 2.83. The molecule has 1 aliphatic rings. The molecule has 3 N–H and O–H groups in total. The van der Waals surface area contributed by atoms with Gasteiger partial charge < -0.3 is 25.1 Å². The highest BCUT2D eigenvalue weighted by molar-refractivity contribution is 5.50. The molecule has 0 fully saturated rings. The molecule has 1 heterocycles. The summed E-state index contributed by atoms with van der Waals surface area (Å²) in [5, 5.41) is 10.1. The second kappa shape index (κ2) is 4.91. The van der Waals surface area contributed by atoms with Crippen LogP contribution in [0.25, 0.3) is 0 Å². The molecule has 1 aromatic rings. The second-order valence-electron chi connectivity index (χ2n) is 4.07. The molecule has 17 heavy (non-hydrogen) atoms. The highest BCUT2D eigenvalue weighted by Crippen LogP contribution is 2.37. The summed E-state index contributed by atoms with van der Waals surface area (Å²) >= 11 is 0. The van der Waals surface area contributed by atoms with Gasteiger partial charge in [-0.1, -0.05) is 0 Å². The Balaban J connectivity index is 2.52. The maximum Gasteiger partial charge on any atom is 0.189 e. The number of methoxy groups -OCH3 is 1. The van der Waals surface area contributed by atoms with Crippen LogP contribution in [0.15, 0.2) is 12.1 Å². The van der Waals surface area contributed by atoms with E-state index in [2.05, 4.69) is 0 Å². The zero-order valence-corrected chi connectivity index (χ0v) is 9.97. The van der Waals surface area contributed by atoms with E-state index in [1.807, 2.05) is 6.07 Å². The van der Waals surface area contributed by atoms with Crippen LogP contribution >= 0.6 is 0 Å². The van der Waals surface area contributed by atoms with Crippen LogP contribution in [0, 0.1) is 0 Å². The Morgan fingerprint density at radius 1 is 1.47 bits per heavy atom. The van der Waals surface area contributed by atoms with Gasteiger partial charge >= 0.3 is 0 Å². The Bertz CT molecular complexity index is 406. The van der Waals surface area contributed by atoms with Crippen molar-refractivity contribution >= 4 is 0 Å². The first-order chi connectivity index (χ1) is 8.15. The summed E-state index contributed by atoms with van der Waals surface area (Å²) in [6, 6.07) is 3.19. The first-order valence-corrected chi connectivity index (χ1v) is 5.49. The van der Waals surface area contributed by atoms with Crippen molar-refractivity contribution in [3.05, 3.63) is 23.3 Å². The average molecular weight is 239 g/mol. The van der Waals surface area contributed by atoms with E-state index < -0.39 is 12.1 Å². The molecule has 1 aromatic carbocycles. The Labute approximate surface area is 100 Å². The zero-order chi connectivity index (χ0) is 12.4. The number of aliphatic hydroxyl groups excluding tert-OH is 1. The van der Waals surface area contributed by atoms with Crippen LogP contribution in [0.3, 0.4) is 0 Å². The lowest BCUT2D eigenvalue weighted by atomic mass is 9.96. The van der Waals surface area contributed by atoms with Crippen LogP contribution in [-0.2, 0) is 11.3 Å². The van der Waals surface area contributed by atoms with Crippen molar-refractivity contribution in [1.29, 1.82) is 0 Å². The summed E-state index contributed by atoms with van der Waals surface area (Å²) in [7, 11) is 1.56. The third-order valence-electron chi connectivity index (χ3n) is 2.83. The highest BCUT2D eigenvalue weighted by Gasteiger charge is 2.25. The van der Waals surface area contributed by atoms with E-state index in [0.717, 1.165) is 5.56 Å². The molecule has 0 saturated heterocycles. The molecule has 0 aliphatic carbocycles. The van der Waals surface area contributed by atoms with Gasteiger partial charge in [0.15, 0.2) is 6.79 Å². The predicted octanol–water partition coefficient (Wildman–Crippen LogP) is 0.942. The topological polar surface area (TPSA) is 73.9 Å². The fourth-order valence-corrected chi connectivity index (χ4v) is 1.92. The van der Waals surface area contributed by atoms with Crippen LogP contribution in [0.1, 0.15) is 24.2 Å². The molecule has 2 atom stereocenters. The Morgan fingerprint density at radius 2 is 2.24 bits per heavy atom. The predicted molar refractivity (Wildman–Crippen MR) is 61.9 cm³/mol. The Hall–Kier alpha value is -1.30. The first-order valence-electron chi connectivity index (χ1n) is 5.49. The van der Waals surface area contributed by atoms with Gasteiger partial charge in [0.2, 0.25) is 0 Å². The van der Waals surface area contributed by atoms with E-state index in [0.29, 0.717) is 23.7 Å². The number of fused-ring (bicyclic) bond motifs is 1. The molecule has 94 valence electrons. The quantitative estimate of drug-likeness (QED) is 0.821. The summed E-state index contributed by atoms with van der Waals surface area (Å²) in [5.41, 5.74) is 7.20. The minimum Gasteiger partial charge on any atom is -0.496 e. The van der Waals surface area contributed by atoms with Gasteiger partial charge in [0.25, 0.3) is 0 Å². The van der Waals surface area contributed by atoms with Crippen LogP contribution in [0.5, 0.6) is 11.5 Å². The molecule has 0 bridgehead atoms.